The molecule has 1 atom stereocenters. The second-order valence-electron chi connectivity index (χ2n) is 8.00. The number of nitrogens with two attached hydrogens (primary N) is 1. The van der Waals surface area contributed by atoms with E-state index in [0.29, 0.717) is 29.2 Å². The van der Waals surface area contributed by atoms with E-state index in [0.717, 1.165) is 16.9 Å². The van der Waals surface area contributed by atoms with Crippen LogP contribution in [0.4, 0.5) is 0 Å². The molecular formula is C21H24N2OS. The van der Waals surface area contributed by atoms with Crippen LogP contribution < -0.4 is 5.73 Å². The minimum absolute atomic E-state index is 0.0562. The summed E-state index contributed by atoms with van der Waals surface area (Å²) in [5, 5.41) is 9.55. The van der Waals surface area contributed by atoms with Crippen LogP contribution in [0.15, 0.2) is 46.0 Å². The fourth-order valence-corrected chi connectivity index (χ4v) is 5.24. The van der Waals surface area contributed by atoms with Crippen LogP contribution in [-0.2, 0) is 4.79 Å². The maximum Gasteiger partial charge on any atom is 0.166 e. The van der Waals surface area contributed by atoms with Crippen molar-refractivity contribution >= 4 is 17.5 Å². The Morgan fingerprint density at radius 1 is 1.24 bits per heavy atom. The maximum absolute atomic E-state index is 12.6. The van der Waals surface area contributed by atoms with Gasteiger partial charge in [-0.3, -0.25) is 4.79 Å². The molecule has 0 spiro atoms. The number of nitriles is 1. The smallest absolute Gasteiger partial charge is 0.166 e. The monoisotopic (exact) mass is 352 g/mol. The van der Waals surface area contributed by atoms with Gasteiger partial charge in [0.05, 0.1) is 28.2 Å². The van der Waals surface area contributed by atoms with E-state index in [4.69, 9.17) is 5.73 Å². The van der Waals surface area contributed by atoms with E-state index < -0.39 is 0 Å². The average molecular weight is 353 g/mol. The Balaban J connectivity index is 2.04. The van der Waals surface area contributed by atoms with Gasteiger partial charge in [0.15, 0.2) is 5.78 Å². The van der Waals surface area contributed by atoms with Crippen LogP contribution in [0.25, 0.3) is 0 Å². The summed E-state index contributed by atoms with van der Waals surface area (Å²) in [4.78, 5) is 13.6. The molecule has 3 nitrogen and oxygen atoms in total. The van der Waals surface area contributed by atoms with Crippen LogP contribution in [0.1, 0.15) is 62.8 Å². The van der Waals surface area contributed by atoms with Crippen molar-refractivity contribution in [2.24, 2.45) is 11.1 Å². The Morgan fingerprint density at radius 3 is 2.44 bits per heavy atom. The predicted octanol–water partition coefficient (Wildman–Crippen LogP) is 4.98. The van der Waals surface area contributed by atoms with Crippen molar-refractivity contribution in [1.29, 1.82) is 5.26 Å². The topological polar surface area (TPSA) is 66.9 Å². The maximum atomic E-state index is 12.6. The molecule has 0 amide bonds. The van der Waals surface area contributed by atoms with E-state index in [1.54, 1.807) is 11.8 Å². The van der Waals surface area contributed by atoms with E-state index in [1.807, 2.05) is 0 Å². The van der Waals surface area contributed by atoms with Gasteiger partial charge in [-0.15, -0.1) is 11.8 Å². The number of hydrogen-bond acceptors (Lipinski definition) is 4. The molecule has 0 saturated heterocycles. The lowest BCUT2D eigenvalue weighted by molar-refractivity contribution is -0.117. The molecule has 3 rings (SSSR count). The summed E-state index contributed by atoms with van der Waals surface area (Å²) in [7, 11) is 0. The molecule has 1 aliphatic carbocycles. The van der Waals surface area contributed by atoms with Gasteiger partial charge in [-0.25, -0.2) is 0 Å². The Hall–Kier alpha value is -1.99. The minimum Gasteiger partial charge on any atom is -0.397 e. The van der Waals surface area contributed by atoms with Gasteiger partial charge < -0.3 is 5.73 Å². The number of allylic oxidation sites excluding steroid dienone is 2. The Bertz CT molecular complexity index is 822. The molecule has 0 radical (unpaired) electrons. The van der Waals surface area contributed by atoms with Crippen LogP contribution in [0, 0.1) is 16.7 Å². The largest absolute Gasteiger partial charge is 0.397 e. The van der Waals surface area contributed by atoms with Gasteiger partial charge in [0.2, 0.25) is 0 Å². The Kier molecular flexibility index (Phi) is 4.55. The zero-order valence-electron chi connectivity index (χ0n) is 15.2. The molecule has 1 heterocycles. The summed E-state index contributed by atoms with van der Waals surface area (Å²) in [5.74, 6) is 0.535. The predicted molar refractivity (Wildman–Crippen MR) is 103 cm³/mol. The van der Waals surface area contributed by atoms with E-state index in [-0.39, 0.29) is 16.4 Å². The first-order valence-electron chi connectivity index (χ1n) is 8.66. The van der Waals surface area contributed by atoms with Crippen LogP contribution in [0.3, 0.4) is 0 Å². The van der Waals surface area contributed by atoms with Crippen LogP contribution in [0.2, 0.25) is 0 Å². The lowest BCUT2D eigenvalue weighted by Crippen LogP contribution is -2.30. The fourth-order valence-electron chi connectivity index (χ4n) is 3.55. The lowest BCUT2D eigenvalue weighted by atomic mass is 9.76. The van der Waals surface area contributed by atoms with Gasteiger partial charge in [0.1, 0.15) is 0 Å². The van der Waals surface area contributed by atoms with Crippen molar-refractivity contribution in [1.82, 2.24) is 0 Å². The minimum atomic E-state index is -0.133. The van der Waals surface area contributed by atoms with Gasteiger partial charge in [-0.1, -0.05) is 52.0 Å². The van der Waals surface area contributed by atoms with Crippen molar-refractivity contribution < 1.29 is 4.79 Å². The number of benzene rings is 1. The highest BCUT2D eigenvalue weighted by molar-refractivity contribution is 8.03. The van der Waals surface area contributed by atoms with Crippen molar-refractivity contribution in [3.05, 3.63) is 57.1 Å². The Morgan fingerprint density at radius 2 is 1.88 bits per heavy atom. The van der Waals surface area contributed by atoms with Crippen molar-refractivity contribution in [2.45, 2.75) is 51.7 Å². The first-order valence-corrected chi connectivity index (χ1v) is 9.54. The third kappa shape index (κ3) is 3.26. The second-order valence-corrected chi connectivity index (χ2v) is 9.20. The number of nitrogens with zero attached hydrogens (tertiary/aromatic N) is 1. The summed E-state index contributed by atoms with van der Waals surface area (Å²) in [5.41, 5.74) is 10.1. The van der Waals surface area contributed by atoms with Crippen molar-refractivity contribution in [3.8, 4) is 6.07 Å². The average Bonchev–Trinajstić information content (AvgIpc) is 2.53. The van der Waals surface area contributed by atoms with Gasteiger partial charge in [-0.05, 0) is 33.8 Å². The third-order valence-corrected chi connectivity index (χ3v) is 6.32. The van der Waals surface area contributed by atoms with E-state index in [1.165, 1.54) is 5.56 Å². The first-order chi connectivity index (χ1) is 11.7. The summed E-state index contributed by atoms with van der Waals surface area (Å²) >= 11 is 1.62. The zero-order valence-corrected chi connectivity index (χ0v) is 16.0. The van der Waals surface area contributed by atoms with E-state index in [2.05, 4.69) is 58.0 Å². The Labute approximate surface area is 154 Å². The quantitative estimate of drug-likeness (QED) is 0.815. The molecular weight excluding hydrogens is 328 g/mol. The SMILES string of the molecule is CC(C)c1ccc([C@H]2SC3=C(C(=O)CC(C)(C)C3)C(N)=C2C#N)cc1. The molecule has 1 aromatic carbocycles. The second kappa shape index (κ2) is 6.38. The number of carbonyl (C=O) groups is 1. The number of thioether (sulfide) groups is 1. The molecule has 0 unspecified atom stereocenters. The number of Topliss-reactive ketones (excluding diaryl/α,β-unsaturated/α-hetero) is 1. The van der Waals surface area contributed by atoms with Crippen molar-refractivity contribution in [2.75, 3.05) is 0 Å². The molecule has 4 heteroatoms. The third-order valence-electron chi connectivity index (χ3n) is 4.94. The molecule has 130 valence electrons. The van der Waals surface area contributed by atoms with Gasteiger partial charge in [0, 0.05) is 6.42 Å². The van der Waals surface area contributed by atoms with Crippen LogP contribution in [0.5, 0.6) is 0 Å². The highest BCUT2D eigenvalue weighted by Gasteiger charge is 2.40. The number of ketones is 1. The molecule has 0 fully saturated rings. The summed E-state index contributed by atoms with van der Waals surface area (Å²) in [6.07, 6.45) is 1.32. The first kappa shape index (κ1) is 17.8. The van der Waals surface area contributed by atoms with Crippen LogP contribution in [-0.4, -0.2) is 5.78 Å². The number of hydrogen-bond donors (Lipinski definition) is 1. The fraction of sp³-hybridized carbons (Fsp3) is 0.429. The van der Waals surface area contributed by atoms with Gasteiger partial charge in [0.25, 0.3) is 0 Å². The molecule has 2 N–H and O–H groups in total. The normalized spacial score (nSPS) is 22.9. The molecule has 0 aromatic heterocycles. The molecule has 25 heavy (non-hydrogen) atoms. The summed E-state index contributed by atoms with van der Waals surface area (Å²) < 4.78 is 0. The molecule has 1 aromatic rings. The lowest BCUT2D eigenvalue weighted by Gasteiger charge is -2.36. The summed E-state index contributed by atoms with van der Waals surface area (Å²) in [6.45, 7) is 8.55. The van der Waals surface area contributed by atoms with Gasteiger partial charge >= 0.3 is 0 Å². The highest BCUT2D eigenvalue weighted by Crippen LogP contribution is 2.53. The van der Waals surface area contributed by atoms with Gasteiger partial charge in [-0.2, -0.15) is 5.26 Å². The molecule has 1 aliphatic heterocycles. The number of carbonyl (C=O) groups excluding carboxylic acids is 1. The standard InChI is InChI=1S/C21H24N2OS/c1-12(2)13-5-7-14(8-6-13)20-15(11-22)19(23)18-16(24)9-21(3,4)10-17(18)25-20/h5-8,12,20H,9-10,23H2,1-4H3/t20-/m1/s1. The number of rotatable bonds is 2. The van der Waals surface area contributed by atoms with E-state index in [9.17, 15) is 10.1 Å². The van der Waals surface area contributed by atoms with E-state index >= 15 is 0 Å². The van der Waals surface area contributed by atoms with Crippen molar-refractivity contribution in [3.63, 3.8) is 0 Å². The molecule has 2 aliphatic rings. The van der Waals surface area contributed by atoms with Crippen LogP contribution >= 0.6 is 11.8 Å². The highest BCUT2D eigenvalue weighted by atomic mass is 32.2. The zero-order chi connectivity index (χ0) is 18.4. The molecule has 0 saturated carbocycles. The summed E-state index contributed by atoms with van der Waals surface area (Å²) in [6, 6.07) is 10.7. The molecule has 0 bridgehead atoms.